The molecule has 2 heterocycles. The van der Waals surface area contributed by atoms with E-state index in [2.05, 4.69) is 26.3 Å². The molecule has 2 aromatic rings. The van der Waals surface area contributed by atoms with Crippen molar-refractivity contribution >= 4 is 37.5 Å². The Morgan fingerprint density at radius 1 is 1.41 bits per heavy atom. The highest BCUT2D eigenvalue weighted by Gasteiger charge is 2.31. The molecular formula is C18H23BrN4O3S. The third-order valence-electron chi connectivity index (χ3n) is 4.49. The monoisotopic (exact) mass is 454 g/mol. The van der Waals surface area contributed by atoms with Crippen molar-refractivity contribution in [1.82, 2.24) is 14.7 Å². The van der Waals surface area contributed by atoms with Crippen LogP contribution in [-0.2, 0) is 21.2 Å². The second-order valence-corrected chi connectivity index (χ2v) is 10.1. The molecule has 1 atom stereocenters. The quantitative estimate of drug-likeness (QED) is 0.723. The summed E-state index contributed by atoms with van der Waals surface area (Å²) in [6.07, 6.45) is 0.522. The lowest BCUT2D eigenvalue weighted by molar-refractivity contribution is -0.117. The number of halogens is 1. The zero-order chi connectivity index (χ0) is 19.6. The van der Waals surface area contributed by atoms with E-state index in [-0.39, 0.29) is 30.0 Å². The number of amides is 1. The molecule has 146 valence electrons. The van der Waals surface area contributed by atoms with Gasteiger partial charge in [0.1, 0.15) is 5.82 Å². The number of benzene rings is 1. The fourth-order valence-corrected chi connectivity index (χ4v) is 5.36. The van der Waals surface area contributed by atoms with Gasteiger partial charge in [0.25, 0.3) is 0 Å². The van der Waals surface area contributed by atoms with Crippen molar-refractivity contribution in [2.45, 2.75) is 25.9 Å². The fraction of sp³-hybridized carbons (Fsp3) is 0.444. The summed E-state index contributed by atoms with van der Waals surface area (Å²) < 4.78 is 26.2. The average Bonchev–Trinajstić information content (AvgIpc) is 3.11. The molecule has 9 heteroatoms. The van der Waals surface area contributed by atoms with Crippen LogP contribution in [0.25, 0.3) is 0 Å². The van der Waals surface area contributed by atoms with Crippen LogP contribution in [0.2, 0.25) is 0 Å². The van der Waals surface area contributed by atoms with Gasteiger partial charge >= 0.3 is 0 Å². The van der Waals surface area contributed by atoms with Gasteiger partial charge in [-0.05, 0) is 32.0 Å². The van der Waals surface area contributed by atoms with E-state index < -0.39 is 9.84 Å². The van der Waals surface area contributed by atoms with Gasteiger partial charge in [0.05, 0.1) is 29.8 Å². The average molecular weight is 455 g/mol. The molecule has 0 aliphatic carbocycles. The van der Waals surface area contributed by atoms with Crippen LogP contribution >= 0.6 is 15.9 Å². The van der Waals surface area contributed by atoms with Crippen LogP contribution in [0.4, 0.5) is 5.82 Å². The van der Waals surface area contributed by atoms with Crippen LogP contribution in [0.5, 0.6) is 0 Å². The number of aromatic nitrogens is 2. The first-order chi connectivity index (χ1) is 12.7. The molecule has 27 heavy (non-hydrogen) atoms. The number of hydrogen-bond donors (Lipinski definition) is 1. The van der Waals surface area contributed by atoms with Crippen LogP contribution in [0.15, 0.2) is 34.8 Å². The van der Waals surface area contributed by atoms with Gasteiger partial charge in [0, 0.05) is 17.1 Å². The maximum Gasteiger partial charge on any atom is 0.239 e. The van der Waals surface area contributed by atoms with Crippen molar-refractivity contribution in [2.75, 3.05) is 30.4 Å². The molecule has 0 saturated carbocycles. The Morgan fingerprint density at radius 3 is 2.81 bits per heavy atom. The summed E-state index contributed by atoms with van der Waals surface area (Å²) in [5.74, 6) is 0.623. The lowest BCUT2D eigenvalue weighted by atomic mass is 10.2. The Labute approximate surface area is 167 Å². The van der Waals surface area contributed by atoms with Crippen molar-refractivity contribution in [3.63, 3.8) is 0 Å². The summed E-state index contributed by atoms with van der Waals surface area (Å²) in [4.78, 5) is 14.4. The molecule has 3 rings (SSSR count). The molecule has 1 aromatic heterocycles. The van der Waals surface area contributed by atoms with Gasteiger partial charge in [-0.3, -0.25) is 9.69 Å². The number of aryl methyl sites for hydroxylation is 1. The molecule has 0 radical (unpaired) electrons. The Balaban J connectivity index is 1.64. The zero-order valence-corrected chi connectivity index (χ0v) is 17.8. The Bertz CT molecular complexity index is 942. The molecular weight excluding hydrogens is 432 g/mol. The molecule has 0 spiro atoms. The number of nitrogens with one attached hydrogen (secondary N) is 1. The molecule has 1 aromatic carbocycles. The van der Waals surface area contributed by atoms with E-state index in [4.69, 9.17) is 0 Å². The largest absolute Gasteiger partial charge is 0.310 e. The predicted molar refractivity (Wildman–Crippen MR) is 108 cm³/mol. The molecule has 1 saturated heterocycles. The second kappa shape index (κ2) is 8.12. The number of carbonyl (C=O) groups excluding carboxylic acids is 1. The molecule has 0 bridgehead atoms. The number of anilines is 1. The normalized spacial score (nSPS) is 18.7. The van der Waals surface area contributed by atoms with Crippen molar-refractivity contribution in [3.05, 3.63) is 46.1 Å². The minimum Gasteiger partial charge on any atom is -0.310 e. The second-order valence-electron chi connectivity index (χ2n) is 6.98. The predicted octanol–water partition coefficient (Wildman–Crippen LogP) is 2.38. The van der Waals surface area contributed by atoms with E-state index in [0.717, 1.165) is 15.7 Å². The van der Waals surface area contributed by atoms with Crippen LogP contribution in [0.3, 0.4) is 0 Å². The lowest BCUT2D eigenvalue weighted by Gasteiger charge is -2.18. The number of nitrogens with zero attached hydrogens (tertiary/aromatic N) is 3. The van der Waals surface area contributed by atoms with Gasteiger partial charge in [-0.15, -0.1) is 0 Å². The Hall–Kier alpha value is -1.71. The molecule has 1 aliphatic rings. The van der Waals surface area contributed by atoms with E-state index in [0.29, 0.717) is 18.8 Å². The molecule has 7 nitrogen and oxygen atoms in total. The number of carbonyl (C=O) groups is 1. The first-order valence-electron chi connectivity index (χ1n) is 8.72. The third-order valence-corrected chi connectivity index (χ3v) is 7.02. The smallest absolute Gasteiger partial charge is 0.239 e. The van der Waals surface area contributed by atoms with Crippen molar-refractivity contribution < 1.29 is 13.2 Å². The van der Waals surface area contributed by atoms with Crippen LogP contribution in [-0.4, -0.2) is 54.1 Å². The van der Waals surface area contributed by atoms with E-state index in [1.54, 1.807) is 10.7 Å². The summed E-state index contributed by atoms with van der Waals surface area (Å²) in [6.45, 7) is 2.68. The highest BCUT2D eigenvalue weighted by Crippen LogP contribution is 2.27. The summed E-state index contributed by atoms with van der Waals surface area (Å²) >= 11 is 3.52. The Morgan fingerprint density at radius 2 is 2.15 bits per heavy atom. The van der Waals surface area contributed by atoms with Gasteiger partial charge in [-0.1, -0.05) is 34.1 Å². The molecule has 1 N–H and O–H groups in total. The van der Waals surface area contributed by atoms with Gasteiger partial charge < -0.3 is 5.32 Å². The summed E-state index contributed by atoms with van der Waals surface area (Å²) in [5.41, 5.74) is 1.85. The van der Waals surface area contributed by atoms with E-state index >= 15 is 0 Å². The van der Waals surface area contributed by atoms with Crippen LogP contribution < -0.4 is 5.32 Å². The van der Waals surface area contributed by atoms with E-state index in [1.807, 2.05) is 43.1 Å². The van der Waals surface area contributed by atoms with Crippen LogP contribution in [0.1, 0.15) is 23.7 Å². The number of hydrogen-bond acceptors (Lipinski definition) is 5. The summed E-state index contributed by atoms with van der Waals surface area (Å²) in [7, 11) is -1.14. The van der Waals surface area contributed by atoms with Crippen molar-refractivity contribution in [2.24, 2.45) is 0 Å². The standard InChI is InChI=1S/C18H23BrN4O3S/c1-13-9-17(23(21-13)15-7-8-27(25,26)12-15)20-18(24)11-22(2)10-14-5-3-4-6-16(14)19/h3-6,9,15H,7-8,10-12H2,1-2H3,(H,20,24). The minimum atomic E-state index is -3.02. The SMILES string of the molecule is Cc1cc(NC(=O)CN(C)Cc2ccccc2Br)n(C2CCS(=O)(=O)C2)n1. The molecule has 1 fully saturated rings. The third kappa shape index (κ3) is 5.18. The summed E-state index contributed by atoms with van der Waals surface area (Å²) in [6, 6.07) is 9.45. The maximum absolute atomic E-state index is 12.5. The first kappa shape index (κ1) is 20.0. The Kier molecular flexibility index (Phi) is 6.02. The highest BCUT2D eigenvalue weighted by molar-refractivity contribution is 9.10. The van der Waals surface area contributed by atoms with E-state index in [1.165, 1.54) is 0 Å². The highest BCUT2D eigenvalue weighted by atomic mass is 79.9. The maximum atomic E-state index is 12.5. The molecule has 1 unspecified atom stereocenters. The lowest BCUT2D eigenvalue weighted by Crippen LogP contribution is -2.31. The van der Waals surface area contributed by atoms with Crippen LogP contribution in [0, 0.1) is 6.92 Å². The number of likely N-dealkylation sites (N-methyl/N-ethyl adjacent to an activating group) is 1. The van der Waals surface area contributed by atoms with Gasteiger partial charge in [0.2, 0.25) is 5.91 Å². The first-order valence-corrected chi connectivity index (χ1v) is 11.3. The van der Waals surface area contributed by atoms with Crippen molar-refractivity contribution in [1.29, 1.82) is 0 Å². The zero-order valence-electron chi connectivity index (χ0n) is 15.4. The minimum absolute atomic E-state index is 0.0684. The fourth-order valence-electron chi connectivity index (χ4n) is 3.26. The van der Waals surface area contributed by atoms with Gasteiger partial charge in [-0.2, -0.15) is 5.10 Å². The van der Waals surface area contributed by atoms with Crippen molar-refractivity contribution in [3.8, 4) is 0 Å². The van der Waals surface area contributed by atoms with Gasteiger partial charge in [-0.25, -0.2) is 13.1 Å². The molecule has 1 aliphatic heterocycles. The topological polar surface area (TPSA) is 84.3 Å². The molecule has 1 amide bonds. The van der Waals surface area contributed by atoms with Gasteiger partial charge in [0.15, 0.2) is 9.84 Å². The number of sulfone groups is 1. The summed E-state index contributed by atoms with van der Waals surface area (Å²) in [5, 5.41) is 7.27. The number of rotatable bonds is 6. The van der Waals surface area contributed by atoms with E-state index in [9.17, 15) is 13.2 Å².